The zero-order valence-corrected chi connectivity index (χ0v) is 61.3. The van der Waals surface area contributed by atoms with Gasteiger partial charge in [-0.15, -0.1) is 0 Å². The third-order valence-corrected chi connectivity index (χ3v) is 19.2. The van der Waals surface area contributed by atoms with Gasteiger partial charge in [0.1, 0.15) is 19.3 Å². The summed E-state index contributed by atoms with van der Waals surface area (Å²) in [7, 11) is -9.91. The van der Waals surface area contributed by atoms with Gasteiger partial charge in [-0.3, -0.25) is 37.3 Å². The maximum absolute atomic E-state index is 13.0. The first-order valence-electron chi connectivity index (χ1n) is 37.3. The molecule has 0 spiro atoms. The molecule has 4 unspecified atom stereocenters. The molecule has 19 heteroatoms. The summed E-state index contributed by atoms with van der Waals surface area (Å²) in [4.78, 5) is 72.6. The fourth-order valence-electron chi connectivity index (χ4n) is 10.8. The van der Waals surface area contributed by atoms with Crippen LogP contribution in [-0.4, -0.2) is 96.7 Å². The summed E-state index contributed by atoms with van der Waals surface area (Å²) in [6.45, 7) is 14.1. The van der Waals surface area contributed by atoms with E-state index in [0.717, 1.165) is 120 Å². The van der Waals surface area contributed by atoms with Crippen molar-refractivity contribution in [1.82, 2.24) is 0 Å². The number of hydrogen-bond donors (Lipinski definition) is 3. The van der Waals surface area contributed by atoms with E-state index in [1.807, 2.05) is 0 Å². The lowest BCUT2D eigenvalue weighted by Gasteiger charge is -2.21. The van der Waals surface area contributed by atoms with Gasteiger partial charge in [-0.1, -0.05) is 306 Å². The molecule has 0 heterocycles. The van der Waals surface area contributed by atoms with Crippen LogP contribution in [0.1, 0.15) is 357 Å². The van der Waals surface area contributed by atoms with Crippen LogP contribution in [0.25, 0.3) is 0 Å². The van der Waals surface area contributed by atoms with Crippen LogP contribution >= 0.6 is 15.6 Å². The number of hydrogen-bond acceptors (Lipinski definition) is 15. The maximum atomic E-state index is 13.0. The number of phosphoric acid groups is 2. The van der Waals surface area contributed by atoms with Crippen LogP contribution in [0.3, 0.4) is 0 Å². The highest BCUT2D eigenvalue weighted by Gasteiger charge is 2.30. The van der Waals surface area contributed by atoms with E-state index in [0.29, 0.717) is 25.7 Å². The summed E-state index contributed by atoms with van der Waals surface area (Å²) >= 11 is 0. The fourth-order valence-corrected chi connectivity index (χ4v) is 12.4. The third-order valence-electron chi connectivity index (χ3n) is 17.3. The molecule has 0 bridgehead atoms. The second-order valence-electron chi connectivity index (χ2n) is 27.4. The SMILES string of the molecule is CCC(C)CCCCCCCCCCC(=O)O[C@H](COC(=O)CCCCCCCCC(C)CC)COP(=O)(O)OC[C@H](O)COP(=O)(O)OC[C@@H](COC(=O)CCCCCCCCCCCCCCCC(C)C)OC(=O)CCCCCCCCCCCCC(C)C. The van der Waals surface area contributed by atoms with Gasteiger partial charge in [0.25, 0.3) is 0 Å². The summed E-state index contributed by atoms with van der Waals surface area (Å²) in [5, 5.41) is 10.6. The van der Waals surface area contributed by atoms with Gasteiger partial charge in [-0.05, 0) is 49.4 Å². The van der Waals surface area contributed by atoms with Gasteiger partial charge in [0.05, 0.1) is 26.4 Å². The van der Waals surface area contributed by atoms with Crippen molar-refractivity contribution in [3.05, 3.63) is 0 Å². The zero-order valence-electron chi connectivity index (χ0n) is 59.5. The van der Waals surface area contributed by atoms with Crippen LogP contribution in [0.15, 0.2) is 0 Å². The zero-order chi connectivity index (χ0) is 67.5. The number of rotatable bonds is 69. The van der Waals surface area contributed by atoms with Gasteiger partial charge < -0.3 is 33.8 Å². The van der Waals surface area contributed by atoms with Gasteiger partial charge in [0.2, 0.25) is 0 Å². The number of aliphatic hydroxyl groups excluding tert-OH is 1. The molecule has 0 radical (unpaired) electrons. The van der Waals surface area contributed by atoms with Crippen LogP contribution in [0, 0.1) is 23.7 Å². The predicted molar refractivity (Wildman–Crippen MR) is 367 cm³/mol. The van der Waals surface area contributed by atoms with E-state index in [-0.39, 0.29) is 25.7 Å². The lowest BCUT2D eigenvalue weighted by Crippen LogP contribution is -2.30. The van der Waals surface area contributed by atoms with Crippen molar-refractivity contribution in [2.24, 2.45) is 23.7 Å². The molecule has 0 aromatic rings. The normalized spacial score (nSPS) is 14.8. The maximum Gasteiger partial charge on any atom is 0.472 e. The van der Waals surface area contributed by atoms with Crippen LogP contribution in [0.4, 0.5) is 0 Å². The lowest BCUT2D eigenvalue weighted by atomic mass is 9.99. The Morgan fingerprint density at radius 1 is 0.308 bits per heavy atom. The molecule has 0 fully saturated rings. The molecule has 0 aliphatic heterocycles. The molecule has 0 saturated heterocycles. The lowest BCUT2D eigenvalue weighted by molar-refractivity contribution is -0.161. The second-order valence-corrected chi connectivity index (χ2v) is 30.3. The summed E-state index contributed by atoms with van der Waals surface area (Å²) < 4.78 is 68.4. The standard InChI is InChI=1S/C72H140O17P2/c1-9-64(7)50-42-34-26-22-23-29-39-47-55-72(77)89-68(59-83-70(75)53-45-37-31-30-35-43-51-65(8)10-2)61-87-91(80,81)85-57-66(73)56-84-90(78,79)86-60-67(88-71(76)54-46-38-28-21-17-16-19-25-33-41-49-63(5)6)58-82-69(74)52-44-36-27-20-15-13-11-12-14-18-24-32-40-48-62(3)4/h62-68,73H,9-61H2,1-8H3,(H,78,79)(H,80,81)/t64?,65?,66-,67-,68-/m1/s1. The van der Waals surface area contributed by atoms with E-state index >= 15 is 0 Å². The van der Waals surface area contributed by atoms with Crippen molar-refractivity contribution >= 4 is 39.5 Å². The van der Waals surface area contributed by atoms with Gasteiger partial charge in [-0.25, -0.2) is 9.13 Å². The minimum Gasteiger partial charge on any atom is -0.462 e. The summed E-state index contributed by atoms with van der Waals surface area (Å²) in [6, 6.07) is 0. The van der Waals surface area contributed by atoms with Crippen LogP contribution < -0.4 is 0 Å². The molecular weight excluding hydrogens is 1200 g/mol. The van der Waals surface area contributed by atoms with Crippen molar-refractivity contribution in [2.75, 3.05) is 39.6 Å². The highest BCUT2D eigenvalue weighted by Crippen LogP contribution is 2.45. The highest BCUT2D eigenvalue weighted by molar-refractivity contribution is 7.47. The first-order chi connectivity index (χ1) is 43.7. The molecular formula is C72H140O17P2. The Hall–Kier alpha value is -1.94. The van der Waals surface area contributed by atoms with Crippen molar-refractivity contribution in [1.29, 1.82) is 0 Å². The van der Waals surface area contributed by atoms with Crippen LogP contribution in [0.5, 0.6) is 0 Å². The molecule has 3 N–H and O–H groups in total. The third kappa shape index (κ3) is 63.9. The van der Waals surface area contributed by atoms with E-state index in [2.05, 4.69) is 55.4 Å². The molecule has 0 rings (SSSR count). The smallest absolute Gasteiger partial charge is 0.462 e. The Labute approximate surface area is 556 Å². The minimum atomic E-state index is -4.95. The summed E-state index contributed by atoms with van der Waals surface area (Å²) in [6.07, 6.45) is 44.4. The number of aliphatic hydroxyl groups is 1. The topological polar surface area (TPSA) is 237 Å². The van der Waals surface area contributed by atoms with E-state index in [1.54, 1.807) is 0 Å². The highest BCUT2D eigenvalue weighted by atomic mass is 31.2. The number of carbonyl (C=O) groups excluding carboxylic acids is 4. The fraction of sp³-hybridized carbons (Fsp3) is 0.944. The molecule has 0 aromatic heterocycles. The number of unbranched alkanes of at least 4 members (excludes halogenated alkanes) is 33. The largest absolute Gasteiger partial charge is 0.472 e. The van der Waals surface area contributed by atoms with Crippen molar-refractivity contribution in [3.63, 3.8) is 0 Å². The Bertz CT molecular complexity index is 1800. The Balaban J connectivity index is 5.26. The number of ether oxygens (including phenoxy) is 4. The van der Waals surface area contributed by atoms with E-state index in [1.165, 1.54) is 154 Å². The first kappa shape index (κ1) is 89.1. The molecule has 91 heavy (non-hydrogen) atoms. The van der Waals surface area contributed by atoms with Gasteiger partial charge >= 0.3 is 39.5 Å². The summed E-state index contributed by atoms with van der Waals surface area (Å²) in [5.74, 6) is 0.915. The number of phosphoric ester groups is 2. The Kier molecular flexibility index (Phi) is 60.3. The van der Waals surface area contributed by atoms with Crippen LogP contribution in [-0.2, 0) is 65.4 Å². The van der Waals surface area contributed by atoms with Gasteiger partial charge in [-0.2, -0.15) is 0 Å². The van der Waals surface area contributed by atoms with E-state index in [4.69, 9.17) is 37.0 Å². The predicted octanol–water partition coefficient (Wildman–Crippen LogP) is 20.5. The van der Waals surface area contributed by atoms with E-state index < -0.39 is 97.5 Å². The molecule has 0 aliphatic carbocycles. The molecule has 0 amide bonds. The van der Waals surface area contributed by atoms with Gasteiger partial charge in [0.15, 0.2) is 12.2 Å². The molecule has 17 nitrogen and oxygen atoms in total. The molecule has 0 saturated carbocycles. The summed E-state index contributed by atoms with van der Waals surface area (Å²) in [5.41, 5.74) is 0. The van der Waals surface area contributed by atoms with E-state index in [9.17, 15) is 43.2 Å². The Morgan fingerprint density at radius 2 is 0.527 bits per heavy atom. The number of carbonyl (C=O) groups is 4. The van der Waals surface area contributed by atoms with Crippen LogP contribution in [0.2, 0.25) is 0 Å². The average molecular weight is 1340 g/mol. The molecule has 7 atom stereocenters. The van der Waals surface area contributed by atoms with Crippen molar-refractivity contribution < 1.29 is 80.2 Å². The number of esters is 4. The van der Waals surface area contributed by atoms with Gasteiger partial charge in [0, 0.05) is 25.7 Å². The minimum absolute atomic E-state index is 0.104. The Morgan fingerprint density at radius 3 is 0.780 bits per heavy atom. The second kappa shape index (κ2) is 61.6. The molecule has 0 aliphatic rings. The monoisotopic (exact) mass is 1340 g/mol. The first-order valence-corrected chi connectivity index (χ1v) is 40.3. The molecule has 540 valence electrons. The average Bonchev–Trinajstić information content (AvgIpc) is 2.42. The molecule has 0 aromatic carbocycles. The van der Waals surface area contributed by atoms with Crippen molar-refractivity contribution in [3.8, 4) is 0 Å². The quantitative estimate of drug-likeness (QED) is 0.0222. The van der Waals surface area contributed by atoms with Crippen molar-refractivity contribution in [2.45, 2.75) is 375 Å².